The molecule has 2 rings (SSSR count). The van der Waals surface area contributed by atoms with Crippen molar-refractivity contribution >= 4 is 11.9 Å². The molecule has 122 valence electrons. The fourth-order valence-electron chi connectivity index (χ4n) is 2.25. The van der Waals surface area contributed by atoms with Crippen LogP contribution in [-0.2, 0) is 14.3 Å². The lowest BCUT2D eigenvalue weighted by Gasteiger charge is -2.18. The maximum atomic E-state index is 11.3. The molecular weight excluding hydrogens is 280 g/mol. The summed E-state index contributed by atoms with van der Waals surface area (Å²) in [6.07, 6.45) is 1.82. The summed E-state index contributed by atoms with van der Waals surface area (Å²) in [5.74, 6) is -0.336. The molecule has 0 aliphatic carbocycles. The number of esters is 1. The van der Waals surface area contributed by atoms with Crippen LogP contribution in [0.5, 0.6) is 0 Å². The molecule has 22 heavy (non-hydrogen) atoms. The summed E-state index contributed by atoms with van der Waals surface area (Å²) in [4.78, 5) is 21.9. The summed E-state index contributed by atoms with van der Waals surface area (Å²) in [5.41, 5.74) is 6.10. The number of carbonyl (C=O) groups is 2. The molecular formula is C17H26N2O3. The zero-order valence-corrected chi connectivity index (χ0v) is 13.4. The quantitative estimate of drug-likeness (QED) is 0.832. The monoisotopic (exact) mass is 306 g/mol. The van der Waals surface area contributed by atoms with Gasteiger partial charge in [-0.15, -0.1) is 0 Å². The van der Waals surface area contributed by atoms with Crippen LogP contribution in [0.25, 0.3) is 0 Å². The van der Waals surface area contributed by atoms with Gasteiger partial charge in [-0.1, -0.05) is 30.3 Å². The van der Waals surface area contributed by atoms with E-state index in [1.54, 1.807) is 0 Å². The second-order valence-corrected chi connectivity index (χ2v) is 5.31. The van der Waals surface area contributed by atoms with Gasteiger partial charge in [0.05, 0.1) is 12.5 Å². The van der Waals surface area contributed by atoms with Gasteiger partial charge in [0.25, 0.3) is 0 Å². The average molecular weight is 306 g/mol. The van der Waals surface area contributed by atoms with Crippen LogP contribution in [0.2, 0.25) is 0 Å². The molecule has 1 aliphatic heterocycles. The van der Waals surface area contributed by atoms with Crippen LogP contribution in [0.1, 0.15) is 38.2 Å². The summed E-state index contributed by atoms with van der Waals surface area (Å²) >= 11 is 0. The molecule has 1 atom stereocenters. The normalized spacial score (nSPS) is 16.1. The van der Waals surface area contributed by atoms with E-state index >= 15 is 0 Å². The van der Waals surface area contributed by atoms with Crippen molar-refractivity contribution in [2.24, 2.45) is 11.7 Å². The predicted octanol–water partition coefficient (Wildman–Crippen LogP) is 1.82. The Hall–Kier alpha value is -1.88. The predicted molar refractivity (Wildman–Crippen MR) is 86.3 cm³/mol. The Morgan fingerprint density at radius 3 is 2.32 bits per heavy atom. The zero-order chi connectivity index (χ0) is 16.4. The van der Waals surface area contributed by atoms with Gasteiger partial charge in [0.1, 0.15) is 0 Å². The summed E-state index contributed by atoms with van der Waals surface area (Å²) in [6.45, 7) is 5.99. The SMILES string of the molecule is CCOC(=O)C(C)c1ccccc1.NC(=O)C1CCNCC1. The standard InChI is InChI=1S/C11H14O2.C6H12N2O/c1-3-13-11(12)9(2)10-7-5-4-6-8-10;7-6(9)5-1-3-8-4-2-5/h4-9H,3H2,1-2H3;5,8H,1-4H2,(H2,7,9). The Balaban J connectivity index is 0.000000235. The zero-order valence-electron chi connectivity index (χ0n) is 13.4. The van der Waals surface area contributed by atoms with Crippen LogP contribution in [0.15, 0.2) is 30.3 Å². The van der Waals surface area contributed by atoms with E-state index in [1.807, 2.05) is 44.2 Å². The lowest BCUT2D eigenvalue weighted by atomic mass is 9.98. The van der Waals surface area contributed by atoms with Gasteiger partial charge in [0, 0.05) is 5.92 Å². The van der Waals surface area contributed by atoms with Gasteiger partial charge >= 0.3 is 5.97 Å². The maximum absolute atomic E-state index is 11.3. The molecule has 0 radical (unpaired) electrons. The van der Waals surface area contributed by atoms with Crippen LogP contribution >= 0.6 is 0 Å². The summed E-state index contributed by atoms with van der Waals surface area (Å²) in [6, 6.07) is 9.64. The third-order valence-electron chi connectivity index (χ3n) is 3.68. The van der Waals surface area contributed by atoms with Crippen molar-refractivity contribution in [3.05, 3.63) is 35.9 Å². The first-order chi connectivity index (χ1) is 10.6. The third-order valence-corrected chi connectivity index (χ3v) is 3.68. The van der Waals surface area contributed by atoms with Crippen LogP contribution in [0, 0.1) is 5.92 Å². The molecule has 5 heteroatoms. The summed E-state index contributed by atoms with van der Waals surface area (Å²) in [7, 11) is 0. The molecule has 1 unspecified atom stereocenters. The molecule has 0 aromatic heterocycles. The van der Waals surface area contributed by atoms with E-state index in [-0.39, 0.29) is 23.7 Å². The lowest BCUT2D eigenvalue weighted by molar-refractivity contribution is -0.144. The Bertz CT molecular complexity index is 456. The van der Waals surface area contributed by atoms with E-state index in [0.717, 1.165) is 31.5 Å². The van der Waals surface area contributed by atoms with Gasteiger partial charge in [-0.25, -0.2) is 0 Å². The summed E-state index contributed by atoms with van der Waals surface area (Å²) in [5, 5.41) is 3.16. The van der Waals surface area contributed by atoms with Gasteiger partial charge in [-0.2, -0.15) is 0 Å². The number of hydrogen-bond acceptors (Lipinski definition) is 4. The number of hydrogen-bond donors (Lipinski definition) is 2. The van der Waals surface area contributed by atoms with Crippen LogP contribution < -0.4 is 11.1 Å². The van der Waals surface area contributed by atoms with Crippen molar-refractivity contribution < 1.29 is 14.3 Å². The number of primary amides is 1. The number of nitrogens with two attached hydrogens (primary N) is 1. The number of amides is 1. The van der Waals surface area contributed by atoms with E-state index < -0.39 is 0 Å². The first-order valence-electron chi connectivity index (χ1n) is 7.77. The second kappa shape index (κ2) is 9.95. The van der Waals surface area contributed by atoms with Gasteiger partial charge in [-0.05, 0) is 45.3 Å². The number of ether oxygens (including phenoxy) is 1. The van der Waals surface area contributed by atoms with E-state index in [2.05, 4.69) is 5.32 Å². The van der Waals surface area contributed by atoms with Crippen LogP contribution in [0.4, 0.5) is 0 Å². The van der Waals surface area contributed by atoms with Gasteiger partial charge in [0.15, 0.2) is 0 Å². The molecule has 0 bridgehead atoms. The Morgan fingerprint density at radius 1 is 1.27 bits per heavy atom. The van der Waals surface area contributed by atoms with E-state index in [4.69, 9.17) is 10.5 Å². The first-order valence-corrected chi connectivity index (χ1v) is 7.77. The van der Waals surface area contributed by atoms with E-state index in [1.165, 1.54) is 0 Å². The van der Waals surface area contributed by atoms with Crippen molar-refractivity contribution in [3.8, 4) is 0 Å². The fourth-order valence-corrected chi connectivity index (χ4v) is 2.25. The molecule has 5 nitrogen and oxygen atoms in total. The molecule has 1 aromatic rings. The third kappa shape index (κ3) is 6.26. The maximum Gasteiger partial charge on any atom is 0.313 e. The van der Waals surface area contributed by atoms with E-state index in [0.29, 0.717) is 6.61 Å². The smallest absolute Gasteiger partial charge is 0.313 e. The number of nitrogens with one attached hydrogen (secondary N) is 1. The van der Waals surface area contributed by atoms with E-state index in [9.17, 15) is 9.59 Å². The number of piperidine rings is 1. The lowest BCUT2D eigenvalue weighted by Crippen LogP contribution is -2.34. The summed E-state index contributed by atoms with van der Waals surface area (Å²) < 4.78 is 4.92. The Labute approximate surface area is 132 Å². The Morgan fingerprint density at radius 2 is 1.86 bits per heavy atom. The molecule has 0 spiro atoms. The minimum atomic E-state index is -0.166. The number of carbonyl (C=O) groups excluding carboxylic acids is 2. The van der Waals surface area contributed by atoms with Crippen molar-refractivity contribution in [2.75, 3.05) is 19.7 Å². The number of benzene rings is 1. The van der Waals surface area contributed by atoms with Gasteiger partial charge in [-0.3, -0.25) is 9.59 Å². The average Bonchev–Trinajstić information content (AvgIpc) is 2.56. The van der Waals surface area contributed by atoms with Crippen molar-refractivity contribution in [1.82, 2.24) is 5.32 Å². The molecule has 1 fully saturated rings. The highest BCUT2D eigenvalue weighted by molar-refractivity contribution is 5.77. The molecule has 1 saturated heterocycles. The first kappa shape index (κ1) is 18.2. The molecule has 1 aromatic carbocycles. The molecule has 3 N–H and O–H groups in total. The highest BCUT2D eigenvalue weighted by Gasteiger charge is 2.17. The van der Waals surface area contributed by atoms with Crippen molar-refractivity contribution in [3.63, 3.8) is 0 Å². The highest BCUT2D eigenvalue weighted by Crippen LogP contribution is 2.15. The minimum absolute atomic E-state index is 0.131. The fraction of sp³-hybridized carbons (Fsp3) is 0.529. The Kier molecular flexibility index (Phi) is 8.22. The van der Waals surface area contributed by atoms with Crippen molar-refractivity contribution in [2.45, 2.75) is 32.6 Å². The van der Waals surface area contributed by atoms with Crippen molar-refractivity contribution in [1.29, 1.82) is 0 Å². The minimum Gasteiger partial charge on any atom is -0.466 e. The second-order valence-electron chi connectivity index (χ2n) is 5.31. The molecule has 1 amide bonds. The molecule has 1 aliphatic rings. The molecule has 1 heterocycles. The highest BCUT2D eigenvalue weighted by atomic mass is 16.5. The van der Waals surface area contributed by atoms with Crippen LogP contribution in [0.3, 0.4) is 0 Å². The topological polar surface area (TPSA) is 81.4 Å². The van der Waals surface area contributed by atoms with Gasteiger partial charge < -0.3 is 15.8 Å². The van der Waals surface area contributed by atoms with Gasteiger partial charge in [0.2, 0.25) is 5.91 Å². The molecule has 0 saturated carbocycles. The number of rotatable bonds is 4. The van der Waals surface area contributed by atoms with Crippen LogP contribution in [-0.4, -0.2) is 31.6 Å². The largest absolute Gasteiger partial charge is 0.466 e.